The maximum Gasteiger partial charge on any atom is 0.228 e. The van der Waals surface area contributed by atoms with Crippen molar-refractivity contribution in [3.63, 3.8) is 0 Å². The second kappa shape index (κ2) is 5.23. The first-order valence-electron chi connectivity index (χ1n) is 6.58. The monoisotopic (exact) mass is 296 g/mol. The van der Waals surface area contributed by atoms with Crippen molar-refractivity contribution in [1.82, 2.24) is 15.3 Å². The van der Waals surface area contributed by atoms with Gasteiger partial charge in [0.15, 0.2) is 0 Å². The molecular weight excluding hydrogens is 280 g/mol. The molecule has 1 saturated heterocycles. The molecule has 1 N–H and O–H groups in total. The molecule has 102 valence electrons. The van der Waals surface area contributed by atoms with E-state index in [1.54, 1.807) is 11.3 Å². The molecule has 1 aliphatic rings. The van der Waals surface area contributed by atoms with Crippen LogP contribution in [0.2, 0.25) is 5.15 Å². The summed E-state index contributed by atoms with van der Waals surface area (Å²) in [6.07, 6.45) is 0. The van der Waals surface area contributed by atoms with Crippen molar-refractivity contribution in [3.05, 3.63) is 16.1 Å². The highest BCUT2D eigenvalue weighted by molar-refractivity contribution is 7.18. The van der Waals surface area contributed by atoms with E-state index >= 15 is 0 Å². The molecule has 0 aromatic carbocycles. The van der Waals surface area contributed by atoms with Gasteiger partial charge in [0.05, 0.1) is 0 Å². The maximum absolute atomic E-state index is 6.31. The van der Waals surface area contributed by atoms with Crippen LogP contribution in [0.4, 0.5) is 5.95 Å². The summed E-state index contributed by atoms with van der Waals surface area (Å²) in [6, 6.07) is 2.12. The number of thiophene rings is 1. The molecule has 19 heavy (non-hydrogen) atoms. The minimum Gasteiger partial charge on any atom is -0.338 e. The first-order valence-corrected chi connectivity index (χ1v) is 7.77. The lowest BCUT2D eigenvalue weighted by Gasteiger charge is -2.27. The molecule has 0 atom stereocenters. The zero-order chi connectivity index (χ0) is 13.4. The molecule has 0 aliphatic carbocycles. The Balaban J connectivity index is 2.02. The van der Waals surface area contributed by atoms with Crippen LogP contribution in [-0.4, -0.2) is 36.1 Å². The van der Waals surface area contributed by atoms with Crippen molar-refractivity contribution in [1.29, 1.82) is 0 Å². The second-order valence-corrected chi connectivity index (χ2v) is 6.49. The van der Waals surface area contributed by atoms with Crippen LogP contribution in [0.15, 0.2) is 6.07 Å². The third kappa shape index (κ3) is 2.55. The summed E-state index contributed by atoms with van der Waals surface area (Å²) in [5, 5.41) is 4.88. The van der Waals surface area contributed by atoms with E-state index in [1.807, 2.05) is 0 Å². The van der Waals surface area contributed by atoms with Crippen LogP contribution >= 0.6 is 22.9 Å². The van der Waals surface area contributed by atoms with Gasteiger partial charge in [-0.15, -0.1) is 11.3 Å². The summed E-state index contributed by atoms with van der Waals surface area (Å²) in [5.41, 5.74) is 0. The Morgan fingerprint density at radius 2 is 2.05 bits per heavy atom. The first-order chi connectivity index (χ1) is 9.15. The van der Waals surface area contributed by atoms with Gasteiger partial charge in [-0.25, -0.2) is 9.97 Å². The van der Waals surface area contributed by atoms with E-state index in [0.29, 0.717) is 11.1 Å². The molecular formula is C13H17ClN4S. The molecule has 3 rings (SSSR count). The number of halogens is 1. The molecule has 0 spiro atoms. The van der Waals surface area contributed by atoms with Gasteiger partial charge in [-0.1, -0.05) is 25.4 Å². The quantitative estimate of drug-likeness (QED) is 0.865. The minimum absolute atomic E-state index is 0.498. The standard InChI is InChI=1S/C13H17ClN4S/c1-8(2)10-7-9-11(14)16-13(17-12(9)19-10)18-5-3-15-4-6-18/h7-8,15H,3-6H2,1-2H3. The van der Waals surface area contributed by atoms with Gasteiger partial charge >= 0.3 is 0 Å². The van der Waals surface area contributed by atoms with E-state index in [2.05, 4.69) is 40.1 Å². The summed E-state index contributed by atoms with van der Waals surface area (Å²) in [4.78, 5) is 13.6. The number of anilines is 1. The van der Waals surface area contributed by atoms with Gasteiger partial charge in [0.2, 0.25) is 5.95 Å². The SMILES string of the molecule is CC(C)c1cc2c(Cl)nc(N3CCNCC3)nc2s1. The second-order valence-electron chi connectivity index (χ2n) is 5.07. The van der Waals surface area contributed by atoms with Gasteiger partial charge in [0.25, 0.3) is 0 Å². The number of rotatable bonds is 2. The van der Waals surface area contributed by atoms with Crippen LogP contribution in [-0.2, 0) is 0 Å². The van der Waals surface area contributed by atoms with Crippen LogP contribution in [0.5, 0.6) is 0 Å². The molecule has 4 nitrogen and oxygen atoms in total. The van der Waals surface area contributed by atoms with E-state index in [0.717, 1.165) is 42.3 Å². The Labute approximate surface area is 121 Å². The van der Waals surface area contributed by atoms with Crippen LogP contribution in [0.25, 0.3) is 10.2 Å². The van der Waals surface area contributed by atoms with Crippen molar-refractivity contribution in [2.45, 2.75) is 19.8 Å². The van der Waals surface area contributed by atoms with Crippen molar-refractivity contribution in [2.24, 2.45) is 0 Å². The highest BCUT2D eigenvalue weighted by atomic mass is 35.5. The van der Waals surface area contributed by atoms with E-state index in [4.69, 9.17) is 11.6 Å². The number of hydrogen-bond donors (Lipinski definition) is 1. The largest absolute Gasteiger partial charge is 0.338 e. The molecule has 6 heteroatoms. The predicted molar refractivity (Wildman–Crippen MR) is 81.6 cm³/mol. The summed E-state index contributed by atoms with van der Waals surface area (Å²) in [7, 11) is 0. The molecule has 2 aromatic heterocycles. The Morgan fingerprint density at radius 3 is 2.74 bits per heavy atom. The molecule has 1 fully saturated rings. The van der Waals surface area contributed by atoms with E-state index in [9.17, 15) is 0 Å². The van der Waals surface area contributed by atoms with Crippen molar-refractivity contribution in [3.8, 4) is 0 Å². The zero-order valence-electron chi connectivity index (χ0n) is 11.1. The molecule has 0 radical (unpaired) electrons. The van der Waals surface area contributed by atoms with Gasteiger partial charge in [0.1, 0.15) is 9.98 Å². The summed E-state index contributed by atoms with van der Waals surface area (Å²) < 4.78 is 0. The topological polar surface area (TPSA) is 41.1 Å². The van der Waals surface area contributed by atoms with Crippen LogP contribution in [0.3, 0.4) is 0 Å². The average Bonchev–Trinajstić information content (AvgIpc) is 2.84. The van der Waals surface area contributed by atoms with Gasteiger partial charge in [-0.05, 0) is 12.0 Å². The molecule has 0 saturated carbocycles. The summed E-state index contributed by atoms with van der Waals surface area (Å²) in [5.74, 6) is 1.26. The first kappa shape index (κ1) is 13.1. The number of fused-ring (bicyclic) bond motifs is 1. The van der Waals surface area contributed by atoms with Gasteiger partial charge in [-0.2, -0.15) is 0 Å². The Morgan fingerprint density at radius 1 is 1.32 bits per heavy atom. The normalized spacial score (nSPS) is 16.5. The lowest BCUT2D eigenvalue weighted by molar-refractivity contribution is 0.580. The van der Waals surface area contributed by atoms with Crippen molar-refractivity contribution < 1.29 is 0 Å². The summed E-state index contributed by atoms with van der Waals surface area (Å²) >= 11 is 8.03. The number of aromatic nitrogens is 2. The van der Waals surface area contributed by atoms with Crippen LogP contribution in [0.1, 0.15) is 24.6 Å². The molecule has 1 aliphatic heterocycles. The molecule has 3 heterocycles. The number of piperazine rings is 1. The van der Waals surface area contributed by atoms with E-state index in [-0.39, 0.29) is 0 Å². The third-order valence-electron chi connectivity index (χ3n) is 3.32. The molecule has 0 amide bonds. The van der Waals surface area contributed by atoms with Crippen LogP contribution in [0, 0.1) is 0 Å². The highest BCUT2D eigenvalue weighted by Crippen LogP contribution is 2.34. The molecule has 0 bridgehead atoms. The lowest BCUT2D eigenvalue weighted by atomic mass is 10.2. The highest BCUT2D eigenvalue weighted by Gasteiger charge is 2.17. The van der Waals surface area contributed by atoms with Gasteiger partial charge in [-0.3, -0.25) is 0 Å². The van der Waals surface area contributed by atoms with Crippen LogP contribution < -0.4 is 10.2 Å². The van der Waals surface area contributed by atoms with E-state index < -0.39 is 0 Å². The van der Waals surface area contributed by atoms with Crippen molar-refractivity contribution >= 4 is 39.1 Å². The van der Waals surface area contributed by atoms with Crippen molar-refractivity contribution in [2.75, 3.05) is 31.1 Å². The number of nitrogens with one attached hydrogen (secondary N) is 1. The Kier molecular flexibility index (Phi) is 3.60. The fourth-order valence-electron chi connectivity index (χ4n) is 2.19. The number of hydrogen-bond acceptors (Lipinski definition) is 5. The van der Waals surface area contributed by atoms with Gasteiger partial charge in [0, 0.05) is 36.4 Å². The fourth-order valence-corrected chi connectivity index (χ4v) is 3.49. The smallest absolute Gasteiger partial charge is 0.228 e. The number of nitrogens with zero attached hydrogens (tertiary/aromatic N) is 3. The molecule has 2 aromatic rings. The predicted octanol–water partition coefficient (Wildman–Crippen LogP) is 2.88. The molecule has 0 unspecified atom stereocenters. The minimum atomic E-state index is 0.498. The van der Waals surface area contributed by atoms with E-state index in [1.165, 1.54) is 4.88 Å². The third-order valence-corrected chi connectivity index (χ3v) is 4.94. The maximum atomic E-state index is 6.31. The Hall–Kier alpha value is -0.910. The Bertz CT molecular complexity index is 590. The van der Waals surface area contributed by atoms with Gasteiger partial charge < -0.3 is 10.2 Å². The lowest BCUT2D eigenvalue weighted by Crippen LogP contribution is -2.44. The fraction of sp³-hybridized carbons (Fsp3) is 0.538. The summed E-state index contributed by atoms with van der Waals surface area (Å²) in [6.45, 7) is 8.18. The average molecular weight is 297 g/mol. The zero-order valence-corrected chi connectivity index (χ0v) is 12.7.